The summed E-state index contributed by atoms with van der Waals surface area (Å²) < 4.78 is 11.4. The van der Waals surface area contributed by atoms with Crippen LogP contribution in [0.2, 0.25) is 0 Å². The molecule has 1 unspecified atom stereocenters. The van der Waals surface area contributed by atoms with E-state index >= 15 is 0 Å². The summed E-state index contributed by atoms with van der Waals surface area (Å²) in [5, 5.41) is 9.94. The maximum absolute atomic E-state index is 12.6. The summed E-state index contributed by atoms with van der Waals surface area (Å²) in [5.74, 6) is 0.356. The van der Waals surface area contributed by atoms with Gasteiger partial charge in [-0.05, 0) is 12.1 Å². The van der Waals surface area contributed by atoms with Gasteiger partial charge in [-0.15, -0.1) is 0 Å². The van der Waals surface area contributed by atoms with E-state index in [1.807, 2.05) is 30.3 Å². The SMILES string of the molecule is N#Cc1nccnc1OC1CCN(C(=O)c2cc3ccccc3o2)C1. The summed E-state index contributed by atoms with van der Waals surface area (Å²) in [7, 11) is 0. The van der Waals surface area contributed by atoms with E-state index in [4.69, 9.17) is 14.4 Å². The van der Waals surface area contributed by atoms with Gasteiger partial charge in [0.1, 0.15) is 17.8 Å². The van der Waals surface area contributed by atoms with Crippen molar-refractivity contribution in [2.45, 2.75) is 12.5 Å². The van der Waals surface area contributed by atoms with E-state index in [-0.39, 0.29) is 23.6 Å². The molecule has 7 heteroatoms. The summed E-state index contributed by atoms with van der Waals surface area (Å²) in [5.41, 5.74) is 0.834. The van der Waals surface area contributed by atoms with Crippen molar-refractivity contribution in [3.63, 3.8) is 0 Å². The molecule has 3 heterocycles. The van der Waals surface area contributed by atoms with Gasteiger partial charge in [0.15, 0.2) is 5.76 Å². The summed E-state index contributed by atoms with van der Waals surface area (Å²) in [6.07, 6.45) is 3.35. The number of nitrogens with zero attached hydrogens (tertiary/aromatic N) is 4. The van der Waals surface area contributed by atoms with Gasteiger partial charge in [-0.25, -0.2) is 9.97 Å². The van der Waals surface area contributed by atoms with E-state index < -0.39 is 0 Å². The van der Waals surface area contributed by atoms with E-state index in [0.717, 1.165) is 5.39 Å². The number of benzene rings is 1. The Morgan fingerprint density at radius 2 is 2.16 bits per heavy atom. The highest BCUT2D eigenvalue weighted by atomic mass is 16.5. The molecule has 1 aromatic carbocycles. The predicted molar refractivity (Wildman–Crippen MR) is 87.9 cm³/mol. The first-order valence-electron chi connectivity index (χ1n) is 7.90. The Hall–Kier alpha value is -3.40. The zero-order valence-corrected chi connectivity index (χ0v) is 13.3. The molecule has 1 aliphatic rings. The molecule has 4 rings (SSSR count). The van der Waals surface area contributed by atoms with Gasteiger partial charge in [0.25, 0.3) is 11.8 Å². The molecule has 3 aromatic rings. The molecule has 0 aliphatic carbocycles. The standard InChI is InChI=1S/C18H14N4O3/c19-10-14-17(21-7-6-20-14)24-13-5-8-22(11-13)18(23)16-9-12-3-1-2-4-15(12)25-16/h1-4,6-7,9,13H,5,8,11H2. The first kappa shape index (κ1) is 15.1. The molecule has 0 radical (unpaired) electrons. The average Bonchev–Trinajstić information content (AvgIpc) is 3.28. The van der Waals surface area contributed by atoms with Crippen LogP contribution in [0.4, 0.5) is 0 Å². The second kappa shape index (κ2) is 6.24. The van der Waals surface area contributed by atoms with Crippen molar-refractivity contribution in [3.05, 3.63) is 54.2 Å². The van der Waals surface area contributed by atoms with Crippen LogP contribution in [0.1, 0.15) is 22.7 Å². The van der Waals surface area contributed by atoms with Crippen LogP contribution in [0.5, 0.6) is 5.88 Å². The van der Waals surface area contributed by atoms with Crippen LogP contribution in [0.3, 0.4) is 0 Å². The molecule has 1 atom stereocenters. The topological polar surface area (TPSA) is 92.2 Å². The highest BCUT2D eigenvalue weighted by Gasteiger charge is 2.30. The Bertz CT molecular complexity index is 943. The third kappa shape index (κ3) is 2.90. The smallest absolute Gasteiger partial charge is 0.289 e. The molecule has 7 nitrogen and oxygen atoms in total. The van der Waals surface area contributed by atoms with Crippen molar-refractivity contribution in [3.8, 4) is 11.9 Å². The monoisotopic (exact) mass is 334 g/mol. The van der Waals surface area contributed by atoms with Crippen LogP contribution < -0.4 is 4.74 Å². The lowest BCUT2D eigenvalue weighted by Gasteiger charge is -2.15. The zero-order valence-electron chi connectivity index (χ0n) is 13.3. The first-order chi connectivity index (χ1) is 12.2. The van der Waals surface area contributed by atoms with Crippen molar-refractivity contribution in [2.24, 2.45) is 0 Å². The predicted octanol–water partition coefficient (Wildman–Crippen LogP) is 2.39. The zero-order chi connectivity index (χ0) is 17.2. The molecule has 0 N–H and O–H groups in total. The Morgan fingerprint density at radius 3 is 3.00 bits per heavy atom. The quantitative estimate of drug-likeness (QED) is 0.730. The molecule has 124 valence electrons. The van der Waals surface area contributed by atoms with Gasteiger partial charge in [0, 0.05) is 30.7 Å². The second-order valence-corrected chi connectivity index (χ2v) is 5.75. The van der Waals surface area contributed by atoms with E-state index in [1.54, 1.807) is 11.0 Å². The Labute approximate surface area is 143 Å². The minimum atomic E-state index is -0.225. The molecule has 0 bridgehead atoms. The fraction of sp³-hybridized carbons (Fsp3) is 0.222. The minimum absolute atomic E-state index is 0.143. The number of carbonyl (C=O) groups excluding carboxylic acids is 1. The highest BCUT2D eigenvalue weighted by molar-refractivity contribution is 5.96. The summed E-state index contributed by atoms with van der Waals surface area (Å²) >= 11 is 0. The number of carbonyl (C=O) groups is 1. The van der Waals surface area contributed by atoms with Gasteiger partial charge in [-0.1, -0.05) is 18.2 Å². The summed E-state index contributed by atoms with van der Waals surface area (Å²) in [4.78, 5) is 22.3. The van der Waals surface area contributed by atoms with Crippen LogP contribution in [0.15, 0.2) is 47.1 Å². The van der Waals surface area contributed by atoms with Gasteiger partial charge in [-0.2, -0.15) is 5.26 Å². The molecule has 1 amide bonds. The second-order valence-electron chi connectivity index (χ2n) is 5.75. The van der Waals surface area contributed by atoms with Gasteiger partial charge >= 0.3 is 0 Å². The van der Waals surface area contributed by atoms with Crippen molar-refractivity contribution >= 4 is 16.9 Å². The molecule has 1 fully saturated rings. The molecule has 1 aliphatic heterocycles. The van der Waals surface area contributed by atoms with E-state index in [1.165, 1.54) is 12.4 Å². The van der Waals surface area contributed by atoms with Crippen LogP contribution in [0.25, 0.3) is 11.0 Å². The first-order valence-corrected chi connectivity index (χ1v) is 7.90. The van der Waals surface area contributed by atoms with Crippen molar-refractivity contribution < 1.29 is 13.9 Å². The summed E-state index contributed by atoms with van der Waals surface area (Å²) in [6, 6.07) is 11.2. The third-order valence-corrected chi connectivity index (χ3v) is 4.12. The molecule has 0 saturated carbocycles. The number of rotatable bonds is 3. The number of hydrogen-bond donors (Lipinski definition) is 0. The van der Waals surface area contributed by atoms with Gasteiger partial charge in [0.2, 0.25) is 5.69 Å². The Kier molecular flexibility index (Phi) is 3.78. The van der Waals surface area contributed by atoms with Crippen molar-refractivity contribution in [1.82, 2.24) is 14.9 Å². The van der Waals surface area contributed by atoms with Gasteiger partial charge < -0.3 is 14.1 Å². The normalized spacial score (nSPS) is 16.8. The lowest BCUT2D eigenvalue weighted by molar-refractivity contribution is 0.0742. The van der Waals surface area contributed by atoms with E-state index in [9.17, 15) is 4.79 Å². The fourth-order valence-electron chi connectivity index (χ4n) is 2.90. The van der Waals surface area contributed by atoms with Gasteiger partial charge in [-0.3, -0.25) is 4.79 Å². The Morgan fingerprint density at radius 1 is 1.32 bits per heavy atom. The number of fused-ring (bicyclic) bond motifs is 1. The minimum Gasteiger partial charge on any atom is -0.470 e. The number of hydrogen-bond acceptors (Lipinski definition) is 6. The Balaban J connectivity index is 1.46. The molecule has 1 saturated heterocycles. The molecule has 25 heavy (non-hydrogen) atoms. The average molecular weight is 334 g/mol. The number of amides is 1. The van der Waals surface area contributed by atoms with Crippen molar-refractivity contribution in [1.29, 1.82) is 5.26 Å². The fourth-order valence-corrected chi connectivity index (χ4v) is 2.90. The number of aromatic nitrogens is 2. The maximum atomic E-state index is 12.6. The molecule has 0 spiro atoms. The van der Waals surface area contributed by atoms with Crippen LogP contribution in [0, 0.1) is 11.3 Å². The lowest BCUT2D eigenvalue weighted by Crippen LogP contribution is -2.30. The van der Waals surface area contributed by atoms with E-state index in [2.05, 4.69) is 9.97 Å². The van der Waals surface area contributed by atoms with E-state index in [0.29, 0.717) is 30.9 Å². The lowest BCUT2D eigenvalue weighted by atomic mass is 10.2. The highest BCUT2D eigenvalue weighted by Crippen LogP contribution is 2.23. The molecular weight excluding hydrogens is 320 g/mol. The molecule has 2 aromatic heterocycles. The maximum Gasteiger partial charge on any atom is 0.289 e. The van der Waals surface area contributed by atoms with Crippen LogP contribution in [-0.4, -0.2) is 40.0 Å². The molecular formula is C18H14N4O3. The largest absolute Gasteiger partial charge is 0.470 e. The van der Waals surface area contributed by atoms with Crippen LogP contribution in [-0.2, 0) is 0 Å². The van der Waals surface area contributed by atoms with Gasteiger partial charge in [0.05, 0.1) is 6.54 Å². The number of para-hydroxylation sites is 1. The number of likely N-dealkylation sites (tertiary alicyclic amines) is 1. The third-order valence-electron chi connectivity index (χ3n) is 4.12. The number of ether oxygens (including phenoxy) is 1. The number of furan rings is 1. The van der Waals surface area contributed by atoms with Crippen molar-refractivity contribution in [2.75, 3.05) is 13.1 Å². The number of nitriles is 1. The van der Waals surface area contributed by atoms with Crippen LogP contribution >= 0.6 is 0 Å². The summed E-state index contributed by atoms with van der Waals surface area (Å²) in [6.45, 7) is 0.972.